The number of unbranched alkanes of at least 4 members (excludes halogenated alkanes) is 1. The van der Waals surface area contributed by atoms with Crippen molar-refractivity contribution in [3.8, 4) is 0 Å². The second-order valence-electron chi connectivity index (χ2n) is 9.79. The minimum absolute atomic E-state index is 0.0525. The number of carbonyl (C=O) groups excluding carboxylic acids is 4. The molecule has 212 valence electrons. The number of nitrogens with one attached hydrogen (secondary N) is 2. The molecule has 0 aromatic heterocycles. The molecule has 1 atom stereocenters. The van der Waals surface area contributed by atoms with Crippen LogP contribution in [0.3, 0.4) is 0 Å². The molecule has 1 unspecified atom stereocenters. The van der Waals surface area contributed by atoms with Crippen LogP contribution in [0.4, 0.5) is 4.79 Å². The molecular formula is C29H38N2O8. The van der Waals surface area contributed by atoms with Crippen LogP contribution in [0.1, 0.15) is 51.2 Å². The molecule has 2 aromatic rings. The van der Waals surface area contributed by atoms with E-state index in [1.54, 1.807) is 69.3 Å². The molecule has 39 heavy (non-hydrogen) atoms. The lowest BCUT2D eigenvalue weighted by Crippen LogP contribution is -2.52. The maximum absolute atomic E-state index is 13.0. The van der Waals surface area contributed by atoms with Crippen molar-refractivity contribution in [2.75, 3.05) is 13.7 Å². The van der Waals surface area contributed by atoms with Gasteiger partial charge in [-0.25, -0.2) is 14.4 Å². The number of methoxy groups -OCH3 is 1. The third-order valence-corrected chi connectivity index (χ3v) is 5.36. The Labute approximate surface area is 229 Å². The van der Waals surface area contributed by atoms with Crippen molar-refractivity contribution in [2.45, 2.75) is 70.9 Å². The van der Waals surface area contributed by atoms with Crippen LogP contribution in [0, 0.1) is 0 Å². The smallest absolute Gasteiger partial charge is 0.407 e. The molecule has 0 aliphatic rings. The zero-order valence-electron chi connectivity index (χ0n) is 22.9. The van der Waals surface area contributed by atoms with E-state index < -0.39 is 41.7 Å². The van der Waals surface area contributed by atoms with Gasteiger partial charge in [-0.1, -0.05) is 60.7 Å². The van der Waals surface area contributed by atoms with E-state index in [1.807, 2.05) is 12.1 Å². The van der Waals surface area contributed by atoms with Gasteiger partial charge >= 0.3 is 24.0 Å². The van der Waals surface area contributed by atoms with Gasteiger partial charge in [0.2, 0.25) is 6.04 Å². The van der Waals surface area contributed by atoms with Crippen LogP contribution in [0.2, 0.25) is 0 Å². The predicted octanol–water partition coefficient (Wildman–Crippen LogP) is 3.67. The highest BCUT2D eigenvalue weighted by Crippen LogP contribution is 2.10. The summed E-state index contributed by atoms with van der Waals surface area (Å²) in [6, 6.07) is 15.5. The highest BCUT2D eigenvalue weighted by Gasteiger charge is 2.34. The minimum Gasteiger partial charge on any atom is -0.468 e. The van der Waals surface area contributed by atoms with Crippen LogP contribution in [0.15, 0.2) is 60.7 Å². The van der Waals surface area contributed by atoms with Crippen molar-refractivity contribution in [3.05, 3.63) is 71.8 Å². The van der Waals surface area contributed by atoms with Gasteiger partial charge < -0.3 is 24.3 Å². The normalized spacial score (nSPS) is 11.8. The summed E-state index contributed by atoms with van der Waals surface area (Å²) in [5.41, 5.74) is 0.872. The van der Waals surface area contributed by atoms with Crippen LogP contribution in [-0.4, -0.2) is 55.3 Å². The summed E-state index contributed by atoms with van der Waals surface area (Å²) < 4.78 is 20.8. The fourth-order valence-electron chi connectivity index (χ4n) is 3.45. The predicted molar refractivity (Wildman–Crippen MR) is 143 cm³/mol. The molecule has 0 bridgehead atoms. The SMILES string of the molecule is COC(=O)C(CCCCNC(=O)OC(C)(C)C)NC(C(=O)OCc1ccccc1)C(=O)OCc1ccccc1. The molecule has 0 saturated heterocycles. The molecule has 2 rings (SSSR count). The Hall–Kier alpha value is -3.92. The average molecular weight is 543 g/mol. The summed E-state index contributed by atoms with van der Waals surface area (Å²) in [6.45, 7) is 5.53. The van der Waals surface area contributed by atoms with Gasteiger partial charge in [0.15, 0.2) is 0 Å². The van der Waals surface area contributed by atoms with Gasteiger partial charge in [-0.05, 0) is 51.2 Å². The molecular weight excluding hydrogens is 504 g/mol. The van der Waals surface area contributed by atoms with Crippen LogP contribution in [0.25, 0.3) is 0 Å². The number of amides is 1. The molecule has 1 amide bonds. The molecule has 0 aliphatic carbocycles. The summed E-state index contributed by atoms with van der Waals surface area (Å²) in [6.07, 6.45) is 0.702. The van der Waals surface area contributed by atoms with Crippen LogP contribution in [0.5, 0.6) is 0 Å². The summed E-state index contributed by atoms with van der Waals surface area (Å²) >= 11 is 0. The first-order valence-electron chi connectivity index (χ1n) is 12.8. The Morgan fingerprint density at radius 2 is 1.28 bits per heavy atom. The molecule has 0 saturated carbocycles. The number of ether oxygens (including phenoxy) is 4. The number of benzene rings is 2. The first-order chi connectivity index (χ1) is 18.6. The van der Waals surface area contributed by atoms with Gasteiger partial charge in [0.25, 0.3) is 0 Å². The van der Waals surface area contributed by atoms with E-state index in [-0.39, 0.29) is 19.6 Å². The van der Waals surface area contributed by atoms with Crippen LogP contribution >= 0.6 is 0 Å². The summed E-state index contributed by atoms with van der Waals surface area (Å²) in [5, 5.41) is 5.42. The number of esters is 3. The van der Waals surface area contributed by atoms with Gasteiger partial charge in [0.1, 0.15) is 24.9 Å². The van der Waals surface area contributed by atoms with E-state index >= 15 is 0 Å². The highest BCUT2D eigenvalue weighted by atomic mass is 16.6. The van der Waals surface area contributed by atoms with Crippen LogP contribution < -0.4 is 10.6 Å². The first-order valence-corrected chi connectivity index (χ1v) is 12.8. The van der Waals surface area contributed by atoms with E-state index in [4.69, 9.17) is 18.9 Å². The molecule has 10 heteroatoms. The van der Waals surface area contributed by atoms with E-state index in [0.29, 0.717) is 19.4 Å². The maximum Gasteiger partial charge on any atom is 0.407 e. The lowest BCUT2D eigenvalue weighted by molar-refractivity contribution is -0.161. The minimum atomic E-state index is -1.55. The molecule has 10 nitrogen and oxygen atoms in total. The van der Waals surface area contributed by atoms with E-state index in [2.05, 4.69) is 10.6 Å². The lowest BCUT2D eigenvalue weighted by atomic mass is 10.1. The third-order valence-electron chi connectivity index (χ3n) is 5.36. The van der Waals surface area contributed by atoms with E-state index in [1.165, 1.54) is 7.11 Å². The van der Waals surface area contributed by atoms with Crippen molar-refractivity contribution in [1.29, 1.82) is 0 Å². The summed E-state index contributed by atoms with van der Waals surface area (Å²) in [4.78, 5) is 50.3. The number of alkyl carbamates (subject to hydrolysis) is 1. The van der Waals surface area contributed by atoms with Gasteiger partial charge in [0.05, 0.1) is 7.11 Å². The Balaban J connectivity index is 2.02. The molecule has 0 spiro atoms. The van der Waals surface area contributed by atoms with Crippen LogP contribution in [-0.2, 0) is 46.5 Å². The van der Waals surface area contributed by atoms with E-state index in [9.17, 15) is 19.2 Å². The Bertz CT molecular complexity index is 998. The third kappa shape index (κ3) is 12.4. The van der Waals surface area contributed by atoms with Crippen molar-refractivity contribution < 1.29 is 38.1 Å². The molecule has 0 radical (unpaired) electrons. The number of hydrogen-bond donors (Lipinski definition) is 2. The topological polar surface area (TPSA) is 129 Å². The number of rotatable bonds is 14. The van der Waals surface area contributed by atoms with Gasteiger partial charge in [0, 0.05) is 6.54 Å². The molecule has 2 aromatic carbocycles. The molecule has 0 heterocycles. The number of hydrogen-bond acceptors (Lipinski definition) is 9. The number of carbonyl (C=O) groups is 4. The van der Waals surface area contributed by atoms with Crippen molar-refractivity contribution >= 4 is 24.0 Å². The van der Waals surface area contributed by atoms with Gasteiger partial charge in [-0.15, -0.1) is 0 Å². The fourth-order valence-corrected chi connectivity index (χ4v) is 3.45. The Kier molecular flexibility index (Phi) is 12.9. The second-order valence-corrected chi connectivity index (χ2v) is 9.79. The Morgan fingerprint density at radius 1 is 0.769 bits per heavy atom. The second kappa shape index (κ2) is 16.1. The summed E-state index contributed by atoms with van der Waals surface area (Å²) in [5.74, 6) is -2.40. The first kappa shape index (κ1) is 31.3. The van der Waals surface area contributed by atoms with Crippen molar-refractivity contribution in [1.82, 2.24) is 10.6 Å². The van der Waals surface area contributed by atoms with Crippen molar-refractivity contribution in [2.24, 2.45) is 0 Å². The van der Waals surface area contributed by atoms with Gasteiger partial charge in [-0.3, -0.25) is 10.1 Å². The molecule has 0 fully saturated rings. The quantitative estimate of drug-likeness (QED) is 0.159. The standard InChI is InChI=1S/C29H38N2O8/c1-29(2,3)39-28(35)30-18-12-11-17-23(25(32)36-4)31-24(26(33)37-19-21-13-7-5-8-14-21)27(34)38-20-22-15-9-6-10-16-22/h5-10,13-16,23-24,31H,11-12,17-20H2,1-4H3,(H,30,35). The zero-order chi connectivity index (χ0) is 28.7. The maximum atomic E-state index is 13.0. The molecule has 2 N–H and O–H groups in total. The highest BCUT2D eigenvalue weighted by molar-refractivity contribution is 5.99. The average Bonchev–Trinajstić information content (AvgIpc) is 2.91. The van der Waals surface area contributed by atoms with Gasteiger partial charge in [-0.2, -0.15) is 0 Å². The lowest BCUT2D eigenvalue weighted by Gasteiger charge is -2.22. The molecule has 0 aliphatic heterocycles. The largest absolute Gasteiger partial charge is 0.468 e. The van der Waals surface area contributed by atoms with E-state index in [0.717, 1.165) is 11.1 Å². The summed E-state index contributed by atoms with van der Waals surface area (Å²) in [7, 11) is 1.22. The fraction of sp³-hybridized carbons (Fsp3) is 0.448. The van der Waals surface area contributed by atoms with Crippen molar-refractivity contribution in [3.63, 3.8) is 0 Å². The zero-order valence-corrected chi connectivity index (χ0v) is 22.9. The monoisotopic (exact) mass is 542 g/mol. The Morgan fingerprint density at radius 3 is 1.74 bits per heavy atom.